The number of alkyl halides is 3. The molecule has 0 bridgehead atoms. The number of thioether (sulfide) groups is 1. The number of likely N-dealkylation sites (tertiary alicyclic amines) is 1. The van der Waals surface area contributed by atoms with E-state index in [0.717, 1.165) is 42.4 Å². The number of nitrogens with zero attached hydrogens (tertiary/aromatic N) is 1. The van der Waals surface area contributed by atoms with Crippen molar-refractivity contribution in [2.24, 2.45) is 5.92 Å². The van der Waals surface area contributed by atoms with E-state index in [4.69, 9.17) is 4.74 Å². The molecule has 0 unspecified atom stereocenters. The first-order valence-electron chi connectivity index (χ1n) is 9.99. The van der Waals surface area contributed by atoms with Gasteiger partial charge in [0.2, 0.25) is 0 Å². The highest BCUT2D eigenvalue weighted by molar-refractivity contribution is 7.98. The van der Waals surface area contributed by atoms with Gasteiger partial charge in [-0.2, -0.15) is 13.2 Å². The molecule has 1 aliphatic heterocycles. The molecule has 31 heavy (non-hydrogen) atoms. The molecule has 0 spiro atoms. The van der Waals surface area contributed by atoms with Crippen LogP contribution in [0.15, 0.2) is 47.4 Å². The van der Waals surface area contributed by atoms with E-state index < -0.39 is 23.2 Å². The van der Waals surface area contributed by atoms with Crippen LogP contribution in [0.2, 0.25) is 0 Å². The van der Waals surface area contributed by atoms with Crippen molar-refractivity contribution in [2.75, 3.05) is 33.5 Å². The maximum atomic E-state index is 13.5. The summed E-state index contributed by atoms with van der Waals surface area (Å²) in [6, 6.07) is 11.6. The van der Waals surface area contributed by atoms with Crippen LogP contribution in [-0.2, 0) is 11.7 Å². The van der Waals surface area contributed by atoms with Crippen molar-refractivity contribution in [1.82, 2.24) is 10.2 Å². The summed E-state index contributed by atoms with van der Waals surface area (Å²) in [7, 11) is 3.28. The zero-order valence-corrected chi connectivity index (χ0v) is 18.9. The minimum absolute atomic E-state index is 0.0860. The number of ether oxygens (including phenoxy) is 1. The van der Waals surface area contributed by atoms with Gasteiger partial charge in [0.15, 0.2) is 0 Å². The van der Waals surface area contributed by atoms with Crippen LogP contribution in [0, 0.1) is 5.92 Å². The van der Waals surface area contributed by atoms with Crippen LogP contribution in [0.4, 0.5) is 13.2 Å². The Hall–Kier alpha value is -2.19. The standard InChI is InChI=1S/C23H27F3N2O2S/c1-15-12-22(14-28(2)13-15,16-8-6-5-7-9-16)27-21(29)20-18(30-3)10-17(23(24,25)26)11-19(20)31-4/h5-11,15H,12-14H2,1-4H3,(H,27,29)/t15-,22-/m0/s1. The number of nitrogens with one attached hydrogen (secondary N) is 1. The Balaban J connectivity index is 2.07. The summed E-state index contributed by atoms with van der Waals surface area (Å²) in [6.07, 6.45) is -2.15. The van der Waals surface area contributed by atoms with Gasteiger partial charge in [0.1, 0.15) is 5.75 Å². The fraction of sp³-hybridized carbons (Fsp3) is 0.435. The molecule has 0 saturated carbocycles. The molecular weight excluding hydrogens is 425 g/mol. The summed E-state index contributed by atoms with van der Waals surface area (Å²) < 4.78 is 45.2. The Morgan fingerprint density at radius 2 is 1.94 bits per heavy atom. The minimum atomic E-state index is -4.53. The first kappa shape index (κ1) is 23.5. The predicted molar refractivity (Wildman–Crippen MR) is 117 cm³/mol. The molecule has 168 valence electrons. The summed E-state index contributed by atoms with van der Waals surface area (Å²) in [5.41, 5.74) is -0.403. The molecule has 2 aromatic carbocycles. The van der Waals surface area contributed by atoms with Crippen molar-refractivity contribution in [1.29, 1.82) is 0 Å². The fourth-order valence-corrected chi connectivity index (χ4v) is 5.13. The van der Waals surface area contributed by atoms with Gasteiger partial charge in [0.05, 0.1) is 23.8 Å². The number of piperidine rings is 1. The first-order valence-corrected chi connectivity index (χ1v) is 11.2. The number of hydrogen-bond acceptors (Lipinski definition) is 4. The lowest BCUT2D eigenvalue weighted by atomic mass is 9.78. The normalized spacial score (nSPS) is 22.2. The quantitative estimate of drug-likeness (QED) is 0.646. The van der Waals surface area contributed by atoms with Crippen molar-refractivity contribution in [3.63, 3.8) is 0 Å². The number of benzene rings is 2. The molecule has 0 aliphatic carbocycles. The Morgan fingerprint density at radius 3 is 2.48 bits per heavy atom. The molecule has 2 aromatic rings. The van der Waals surface area contributed by atoms with Gasteiger partial charge in [-0.1, -0.05) is 37.3 Å². The lowest BCUT2D eigenvalue weighted by Gasteiger charge is -2.45. The third-order valence-corrected chi connectivity index (χ3v) is 6.36. The van der Waals surface area contributed by atoms with Gasteiger partial charge in [0.25, 0.3) is 5.91 Å². The SMILES string of the molecule is COc1cc(C(F)(F)F)cc(SC)c1C(=O)N[C@@]1(c2ccccc2)C[C@H](C)CN(C)C1. The summed E-state index contributed by atoms with van der Waals surface area (Å²) in [5, 5.41) is 3.18. The van der Waals surface area contributed by atoms with Crippen LogP contribution in [0.1, 0.15) is 34.8 Å². The second-order valence-corrected chi connectivity index (χ2v) is 9.01. The van der Waals surface area contributed by atoms with E-state index in [2.05, 4.69) is 17.1 Å². The fourth-order valence-electron chi connectivity index (χ4n) is 4.49. The van der Waals surface area contributed by atoms with Gasteiger partial charge in [-0.05, 0) is 43.3 Å². The number of methoxy groups -OCH3 is 1. The summed E-state index contributed by atoms with van der Waals surface area (Å²) >= 11 is 1.09. The van der Waals surface area contributed by atoms with Crippen LogP contribution in [0.5, 0.6) is 5.75 Å². The lowest BCUT2D eigenvalue weighted by Crippen LogP contribution is -2.57. The van der Waals surface area contributed by atoms with Gasteiger partial charge < -0.3 is 15.0 Å². The molecule has 3 rings (SSSR count). The van der Waals surface area contributed by atoms with E-state index in [9.17, 15) is 18.0 Å². The zero-order chi connectivity index (χ0) is 22.8. The molecule has 1 amide bonds. The van der Waals surface area contributed by atoms with E-state index >= 15 is 0 Å². The molecule has 0 radical (unpaired) electrons. The van der Waals surface area contributed by atoms with E-state index in [1.165, 1.54) is 7.11 Å². The molecule has 1 heterocycles. The maximum Gasteiger partial charge on any atom is 0.416 e. The summed E-state index contributed by atoms with van der Waals surface area (Å²) in [6.45, 7) is 3.64. The Bertz CT molecular complexity index is 899. The number of halogens is 3. The third kappa shape index (κ3) is 5.01. The summed E-state index contributed by atoms with van der Waals surface area (Å²) in [4.78, 5) is 15.9. The average Bonchev–Trinajstić information content (AvgIpc) is 2.71. The van der Waals surface area contributed by atoms with Gasteiger partial charge in [-0.3, -0.25) is 4.79 Å². The summed E-state index contributed by atoms with van der Waals surface area (Å²) in [5.74, 6) is -0.202. The number of carbonyl (C=O) groups is 1. The van der Waals surface area contributed by atoms with Gasteiger partial charge in [0, 0.05) is 18.0 Å². The molecule has 1 N–H and O–H groups in total. The van der Waals surface area contributed by atoms with Crippen molar-refractivity contribution < 1.29 is 22.7 Å². The predicted octanol–water partition coefficient (Wildman–Crippen LogP) is 5.03. The highest BCUT2D eigenvalue weighted by Gasteiger charge is 2.41. The van der Waals surface area contributed by atoms with Gasteiger partial charge in [-0.15, -0.1) is 11.8 Å². The molecule has 1 aliphatic rings. The number of hydrogen-bond donors (Lipinski definition) is 1. The van der Waals surface area contributed by atoms with Gasteiger partial charge >= 0.3 is 6.18 Å². The van der Waals surface area contributed by atoms with Crippen molar-refractivity contribution in [2.45, 2.75) is 30.0 Å². The van der Waals surface area contributed by atoms with Crippen molar-refractivity contribution in [3.8, 4) is 5.75 Å². The lowest BCUT2D eigenvalue weighted by molar-refractivity contribution is -0.137. The smallest absolute Gasteiger partial charge is 0.416 e. The molecule has 1 fully saturated rings. The largest absolute Gasteiger partial charge is 0.496 e. The topological polar surface area (TPSA) is 41.6 Å². The Morgan fingerprint density at radius 1 is 1.26 bits per heavy atom. The molecular formula is C23H27F3N2O2S. The van der Waals surface area contributed by atoms with E-state index in [-0.39, 0.29) is 16.2 Å². The first-order chi connectivity index (χ1) is 14.6. The van der Waals surface area contributed by atoms with Gasteiger partial charge in [-0.25, -0.2) is 0 Å². The van der Waals surface area contributed by atoms with Crippen LogP contribution in [-0.4, -0.2) is 44.3 Å². The molecule has 0 aromatic heterocycles. The number of carbonyl (C=O) groups excluding carboxylic acids is 1. The third-order valence-electron chi connectivity index (χ3n) is 5.60. The molecule has 8 heteroatoms. The van der Waals surface area contributed by atoms with Crippen LogP contribution in [0.3, 0.4) is 0 Å². The number of likely N-dealkylation sites (N-methyl/N-ethyl adjacent to an activating group) is 1. The molecule has 2 atom stereocenters. The van der Waals surface area contributed by atoms with E-state index in [1.807, 2.05) is 37.4 Å². The highest BCUT2D eigenvalue weighted by atomic mass is 32.2. The van der Waals surface area contributed by atoms with Crippen molar-refractivity contribution >= 4 is 17.7 Å². The van der Waals surface area contributed by atoms with E-state index in [0.29, 0.717) is 12.5 Å². The monoisotopic (exact) mass is 452 g/mol. The van der Waals surface area contributed by atoms with E-state index in [1.54, 1.807) is 6.26 Å². The van der Waals surface area contributed by atoms with Crippen LogP contribution in [0.25, 0.3) is 0 Å². The Kier molecular flexibility index (Phi) is 6.91. The molecule has 1 saturated heterocycles. The second-order valence-electron chi connectivity index (χ2n) is 8.16. The van der Waals surface area contributed by atoms with Crippen LogP contribution < -0.4 is 10.1 Å². The number of rotatable bonds is 5. The zero-order valence-electron chi connectivity index (χ0n) is 18.0. The maximum absolute atomic E-state index is 13.5. The highest BCUT2D eigenvalue weighted by Crippen LogP contribution is 2.40. The second kappa shape index (κ2) is 9.12. The average molecular weight is 453 g/mol. The minimum Gasteiger partial charge on any atom is -0.496 e. The Labute approximate surface area is 185 Å². The van der Waals surface area contributed by atoms with Crippen LogP contribution >= 0.6 is 11.8 Å². The van der Waals surface area contributed by atoms with Crippen molar-refractivity contribution in [3.05, 3.63) is 59.2 Å². The molecule has 4 nitrogen and oxygen atoms in total. The number of amides is 1.